The van der Waals surface area contributed by atoms with Crippen LogP contribution in [0.2, 0.25) is 0 Å². The van der Waals surface area contributed by atoms with E-state index >= 15 is 0 Å². The van der Waals surface area contributed by atoms with Crippen LogP contribution in [-0.4, -0.2) is 17.4 Å². The molecule has 1 rings (SSSR count). The van der Waals surface area contributed by atoms with Crippen LogP contribution in [0, 0.1) is 0 Å². The van der Waals surface area contributed by atoms with Gasteiger partial charge in [0.2, 0.25) is 0 Å². The highest BCUT2D eigenvalue weighted by atomic mass is 127. The van der Waals surface area contributed by atoms with E-state index in [0.29, 0.717) is 5.75 Å². The lowest BCUT2D eigenvalue weighted by molar-refractivity contribution is -0.0692. The summed E-state index contributed by atoms with van der Waals surface area (Å²) in [6.45, 7) is 1.84. The van der Waals surface area contributed by atoms with Gasteiger partial charge in [0, 0.05) is 0 Å². The summed E-state index contributed by atoms with van der Waals surface area (Å²) in [5.41, 5.74) is 0. The Kier molecular flexibility index (Phi) is 4.72. The second-order valence-corrected chi connectivity index (χ2v) is 4.32. The smallest absolute Gasteiger partial charge is 0.451 e. The normalized spacial score (nSPS) is 13.3. The third-order valence-corrected chi connectivity index (χ3v) is 2.00. The number of nitrogens with one attached hydrogen (secondary N) is 1. The van der Waals surface area contributed by atoms with Gasteiger partial charge < -0.3 is 9.47 Å². The number of halogens is 3. The van der Waals surface area contributed by atoms with Crippen LogP contribution >= 0.6 is 22.6 Å². The van der Waals surface area contributed by atoms with Gasteiger partial charge in [-0.15, -0.1) is 0 Å². The Morgan fingerprint density at radius 1 is 1.25 bits per heavy atom. The molecule has 0 radical (unpaired) electrons. The number of benzene rings is 1. The Balaban J connectivity index is 2.61. The predicted molar refractivity (Wildman–Crippen MR) is 65.2 cm³/mol. The van der Waals surface area contributed by atoms with E-state index in [2.05, 4.69) is 10.1 Å². The molecule has 1 aromatic rings. The number of hydrogen-bond acceptors (Lipinski definition) is 3. The zero-order valence-corrected chi connectivity index (χ0v) is 11.0. The van der Waals surface area contributed by atoms with E-state index < -0.39 is 4.12 Å². The van der Waals surface area contributed by atoms with Crippen molar-refractivity contribution in [2.45, 2.75) is 17.3 Å². The van der Waals surface area contributed by atoms with E-state index in [0.717, 1.165) is 22.6 Å². The lowest BCUT2D eigenvalue weighted by Crippen LogP contribution is -2.27. The molecule has 0 saturated carbocycles. The van der Waals surface area contributed by atoms with E-state index in [9.17, 15) is 8.78 Å². The average molecular weight is 343 g/mol. The standard InChI is InChI=1S/C10H12F2INO2/c1-7(14-2)15-8-3-5-9(6-4-8)16-10(11,12)13/h3-7,14H,1-2H3. The fourth-order valence-electron chi connectivity index (χ4n) is 0.983. The molecule has 0 aliphatic heterocycles. The third-order valence-electron chi connectivity index (χ3n) is 1.78. The molecule has 0 aliphatic carbocycles. The molecular formula is C10H12F2INO2. The van der Waals surface area contributed by atoms with E-state index in [-0.39, 0.29) is 12.0 Å². The molecule has 1 aromatic carbocycles. The van der Waals surface area contributed by atoms with Crippen LogP contribution in [0.4, 0.5) is 8.78 Å². The van der Waals surface area contributed by atoms with E-state index in [1.807, 2.05) is 6.92 Å². The summed E-state index contributed by atoms with van der Waals surface area (Å²) in [6.07, 6.45) is -0.141. The maximum Gasteiger partial charge on any atom is 0.451 e. The lowest BCUT2D eigenvalue weighted by atomic mass is 10.3. The van der Waals surface area contributed by atoms with Crippen molar-refractivity contribution in [3.8, 4) is 11.5 Å². The summed E-state index contributed by atoms with van der Waals surface area (Å²) < 4.78 is 31.6. The molecule has 0 spiro atoms. The van der Waals surface area contributed by atoms with Crippen LogP contribution < -0.4 is 14.8 Å². The number of hydrogen-bond donors (Lipinski definition) is 1. The minimum absolute atomic E-state index is 0.101. The van der Waals surface area contributed by atoms with Crippen LogP contribution in [0.5, 0.6) is 11.5 Å². The molecule has 0 saturated heterocycles. The number of ether oxygens (including phenoxy) is 2. The SMILES string of the molecule is CNC(C)Oc1ccc(OC(F)(F)I)cc1. The van der Waals surface area contributed by atoms with Crippen molar-refractivity contribution < 1.29 is 18.3 Å². The molecule has 1 atom stereocenters. The van der Waals surface area contributed by atoms with Crippen LogP contribution in [-0.2, 0) is 0 Å². The molecule has 0 amide bonds. The topological polar surface area (TPSA) is 30.5 Å². The van der Waals surface area contributed by atoms with Gasteiger partial charge in [0.15, 0.2) is 0 Å². The fourth-order valence-corrected chi connectivity index (χ4v) is 1.24. The molecule has 0 heterocycles. The molecule has 1 unspecified atom stereocenters. The van der Waals surface area contributed by atoms with E-state index in [1.165, 1.54) is 12.1 Å². The van der Waals surface area contributed by atoms with Crippen molar-refractivity contribution in [1.82, 2.24) is 5.32 Å². The zero-order chi connectivity index (χ0) is 12.2. The van der Waals surface area contributed by atoms with Crippen LogP contribution in [0.15, 0.2) is 24.3 Å². The Bertz CT molecular complexity index is 327. The Hall–Kier alpha value is -0.630. The molecule has 0 bridgehead atoms. The third kappa shape index (κ3) is 4.93. The van der Waals surface area contributed by atoms with E-state index in [4.69, 9.17) is 4.74 Å². The Morgan fingerprint density at radius 3 is 2.19 bits per heavy atom. The molecule has 16 heavy (non-hydrogen) atoms. The first kappa shape index (κ1) is 13.4. The Labute approximate surface area is 106 Å². The molecular weight excluding hydrogens is 331 g/mol. The predicted octanol–water partition coefficient (Wildman–Crippen LogP) is 2.99. The first-order chi connectivity index (χ1) is 7.40. The Morgan fingerprint density at radius 2 is 1.75 bits per heavy atom. The number of alkyl halides is 3. The van der Waals surface area contributed by atoms with Crippen LogP contribution in [0.1, 0.15) is 6.92 Å². The minimum Gasteiger partial charge on any atom is -0.476 e. The van der Waals surface area contributed by atoms with Crippen molar-refractivity contribution in [3.63, 3.8) is 0 Å². The van der Waals surface area contributed by atoms with Gasteiger partial charge in [0.05, 0.1) is 22.6 Å². The summed E-state index contributed by atoms with van der Waals surface area (Å²) in [6, 6.07) is 6.02. The van der Waals surface area contributed by atoms with E-state index in [1.54, 1.807) is 19.2 Å². The highest BCUT2D eigenvalue weighted by Gasteiger charge is 2.26. The maximum absolute atomic E-state index is 12.5. The van der Waals surface area contributed by atoms with Gasteiger partial charge in [-0.1, -0.05) is 0 Å². The van der Waals surface area contributed by atoms with Gasteiger partial charge in [-0.05, 0) is 38.2 Å². The van der Waals surface area contributed by atoms with Crippen molar-refractivity contribution in [1.29, 1.82) is 0 Å². The zero-order valence-electron chi connectivity index (χ0n) is 8.84. The first-order valence-corrected chi connectivity index (χ1v) is 5.68. The van der Waals surface area contributed by atoms with Gasteiger partial charge in [-0.25, -0.2) is 0 Å². The fraction of sp³-hybridized carbons (Fsp3) is 0.400. The number of rotatable bonds is 5. The highest BCUT2D eigenvalue weighted by molar-refractivity contribution is 14.1. The van der Waals surface area contributed by atoms with Crippen molar-refractivity contribution in [2.24, 2.45) is 0 Å². The molecule has 0 aromatic heterocycles. The second kappa shape index (κ2) is 5.62. The average Bonchev–Trinajstić information content (AvgIpc) is 2.18. The second-order valence-electron chi connectivity index (χ2n) is 3.07. The molecule has 0 aliphatic rings. The highest BCUT2D eigenvalue weighted by Crippen LogP contribution is 2.28. The molecule has 90 valence electrons. The summed E-state index contributed by atoms with van der Waals surface area (Å²) in [4.78, 5) is 0. The summed E-state index contributed by atoms with van der Waals surface area (Å²) >= 11 is 0.918. The van der Waals surface area contributed by atoms with Gasteiger partial charge in [0.1, 0.15) is 17.7 Å². The summed E-state index contributed by atoms with van der Waals surface area (Å²) in [5.74, 6) is 0.690. The maximum atomic E-state index is 12.5. The van der Waals surface area contributed by atoms with Crippen LogP contribution in [0.25, 0.3) is 0 Å². The van der Waals surface area contributed by atoms with Gasteiger partial charge >= 0.3 is 4.12 Å². The molecule has 1 N–H and O–H groups in total. The first-order valence-electron chi connectivity index (χ1n) is 4.60. The lowest BCUT2D eigenvalue weighted by Gasteiger charge is -2.14. The molecule has 3 nitrogen and oxygen atoms in total. The van der Waals surface area contributed by atoms with Crippen molar-refractivity contribution >= 4 is 22.6 Å². The van der Waals surface area contributed by atoms with Crippen molar-refractivity contribution in [3.05, 3.63) is 24.3 Å². The minimum atomic E-state index is -3.20. The van der Waals surface area contributed by atoms with Crippen LogP contribution in [0.3, 0.4) is 0 Å². The summed E-state index contributed by atoms with van der Waals surface area (Å²) in [7, 11) is 1.76. The van der Waals surface area contributed by atoms with Gasteiger partial charge in [0.25, 0.3) is 0 Å². The largest absolute Gasteiger partial charge is 0.476 e. The molecule has 0 fully saturated rings. The van der Waals surface area contributed by atoms with Gasteiger partial charge in [-0.3, -0.25) is 5.32 Å². The van der Waals surface area contributed by atoms with Gasteiger partial charge in [-0.2, -0.15) is 8.78 Å². The van der Waals surface area contributed by atoms with Crippen molar-refractivity contribution in [2.75, 3.05) is 7.05 Å². The monoisotopic (exact) mass is 343 g/mol. The molecule has 6 heteroatoms. The summed E-state index contributed by atoms with van der Waals surface area (Å²) in [5, 5.41) is 2.89. The quantitative estimate of drug-likeness (QED) is 0.507.